The van der Waals surface area contributed by atoms with E-state index in [1.165, 1.54) is 5.56 Å². The van der Waals surface area contributed by atoms with Crippen LogP contribution in [0.25, 0.3) is 0 Å². The zero-order valence-electron chi connectivity index (χ0n) is 10.9. The molecule has 0 saturated heterocycles. The van der Waals surface area contributed by atoms with Crippen molar-refractivity contribution in [3.05, 3.63) is 54.1 Å². The number of aromatic nitrogens is 2. The van der Waals surface area contributed by atoms with E-state index in [0.29, 0.717) is 6.04 Å². The van der Waals surface area contributed by atoms with Crippen molar-refractivity contribution in [2.75, 3.05) is 20.6 Å². The van der Waals surface area contributed by atoms with Crippen LogP contribution in [0.1, 0.15) is 17.4 Å². The molecule has 1 atom stereocenters. The Bertz CT molecular complexity index is 436. The first-order chi connectivity index (χ1) is 8.77. The summed E-state index contributed by atoms with van der Waals surface area (Å²) in [5.41, 5.74) is 1.33. The average molecular weight is 244 g/mol. The molecule has 1 aromatic heterocycles. The van der Waals surface area contributed by atoms with Crippen molar-refractivity contribution < 1.29 is 0 Å². The van der Waals surface area contributed by atoms with Gasteiger partial charge in [-0.2, -0.15) is 0 Å². The van der Waals surface area contributed by atoms with Crippen LogP contribution in [0.15, 0.2) is 42.7 Å². The fourth-order valence-corrected chi connectivity index (χ4v) is 2.00. The van der Waals surface area contributed by atoms with Gasteiger partial charge in [-0.15, -0.1) is 0 Å². The Morgan fingerprint density at radius 1 is 1.28 bits per heavy atom. The maximum Gasteiger partial charge on any atom is 0.120 e. The van der Waals surface area contributed by atoms with Crippen molar-refractivity contribution in [3.63, 3.8) is 0 Å². The van der Waals surface area contributed by atoms with Crippen LogP contribution < -0.4 is 5.32 Å². The van der Waals surface area contributed by atoms with E-state index in [1.807, 2.05) is 12.3 Å². The largest absolute Gasteiger partial charge is 0.348 e. The monoisotopic (exact) mass is 244 g/mol. The van der Waals surface area contributed by atoms with Gasteiger partial charge in [0.25, 0.3) is 0 Å². The molecule has 0 aliphatic carbocycles. The highest BCUT2D eigenvalue weighted by Gasteiger charge is 2.12. The second kappa shape index (κ2) is 6.33. The van der Waals surface area contributed by atoms with E-state index in [0.717, 1.165) is 18.9 Å². The van der Waals surface area contributed by atoms with Crippen molar-refractivity contribution in [1.29, 1.82) is 0 Å². The summed E-state index contributed by atoms with van der Waals surface area (Å²) >= 11 is 0. The van der Waals surface area contributed by atoms with Crippen LogP contribution in [0.3, 0.4) is 0 Å². The molecular weight excluding hydrogens is 224 g/mol. The third kappa shape index (κ3) is 3.42. The van der Waals surface area contributed by atoms with E-state index in [2.05, 4.69) is 58.5 Å². The third-order valence-electron chi connectivity index (χ3n) is 2.99. The number of hydrogen-bond acceptors (Lipinski definition) is 3. The van der Waals surface area contributed by atoms with E-state index in [4.69, 9.17) is 0 Å². The highest BCUT2D eigenvalue weighted by Crippen LogP contribution is 2.16. The predicted octanol–water partition coefficient (Wildman–Crippen LogP) is 1.80. The number of likely N-dealkylation sites (N-methyl/N-ethyl adjacent to an activating group) is 1. The fourth-order valence-electron chi connectivity index (χ4n) is 2.00. The first-order valence-electron chi connectivity index (χ1n) is 6.17. The van der Waals surface area contributed by atoms with Crippen molar-refractivity contribution in [2.45, 2.75) is 12.6 Å². The molecule has 0 aliphatic heterocycles. The molecule has 0 amide bonds. The minimum Gasteiger partial charge on any atom is -0.348 e. The van der Waals surface area contributed by atoms with Crippen LogP contribution in [0, 0.1) is 0 Å². The molecule has 18 heavy (non-hydrogen) atoms. The molecule has 4 nitrogen and oxygen atoms in total. The van der Waals surface area contributed by atoms with Gasteiger partial charge in [0.05, 0.1) is 6.54 Å². The Balaban J connectivity index is 1.91. The highest BCUT2D eigenvalue weighted by molar-refractivity contribution is 5.19. The Kier molecular flexibility index (Phi) is 4.50. The SMILES string of the molecule is CN(C)C(CNCc1ncc[nH]1)c1ccccc1. The van der Waals surface area contributed by atoms with E-state index in [1.54, 1.807) is 6.20 Å². The number of H-pyrrole nitrogens is 1. The van der Waals surface area contributed by atoms with Crippen LogP contribution in [0.4, 0.5) is 0 Å². The van der Waals surface area contributed by atoms with Crippen molar-refractivity contribution in [2.24, 2.45) is 0 Å². The summed E-state index contributed by atoms with van der Waals surface area (Å²) in [5, 5.41) is 3.43. The lowest BCUT2D eigenvalue weighted by Crippen LogP contribution is -2.31. The first-order valence-corrected chi connectivity index (χ1v) is 6.17. The Hall–Kier alpha value is -1.65. The molecule has 1 heterocycles. The molecule has 2 aromatic rings. The third-order valence-corrected chi connectivity index (χ3v) is 2.99. The van der Waals surface area contributed by atoms with Crippen molar-refractivity contribution >= 4 is 0 Å². The summed E-state index contributed by atoms with van der Waals surface area (Å²) in [6, 6.07) is 10.9. The van der Waals surface area contributed by atoms with Gasteiger partial charge in [-0.3, -0.25) is 0 Å². The number of aromatic amines is 1. The van der Waals surface area contributed by atoms with Gasteiger partial charge in [0.1, 0.15) is 5.82 Å². The van der Waals surface area contributed by atoms with Crippen LogP contribution in [-0.4, -0.2) is 35.5 Å². The van der Waals surface area contributed by atoms with E-state index >= 15 is 0 Å². The van der Waals surface area contributed by atoms with Crippen LogP contribution in [-0.2, 0) is 6.54 Å². The van der Waals surface area contributed by atoms with E-state index in [9.17, 15) is 0 Å². The zero-order chi connectivity index (χ0) is 12.8. The molecule has 1 aromatic carbocycles. The second-order valence-electron chi connectivity index (χ2n) is 4.56. The number of nitrogens with zero attached hydrogens (tertiary/aromatic N) is 2. The first kappa shape index (κ1) is 12.8. The second-order valence-corrected chi connectivity index (χ2v) is 4.56. The molecule has 0 bridgehead atoms. The predicted molar refractivity (Wildman–Crippen MR) is 73.2 cm³/mol. The Morgan fingerprint density at radius 3 is 2.67 bits per heavy atom. The van der Waals surface area contributed by atoms with Gasteiger partial charge < -0.3 is 15.2 Å². The summed E-state index contributed by atoms with van der Waals surface area (Å²) in [5.74, 6) is 0.973. The lowest BCUT2D eigenvalue weighted by molar-refractivity contribution is 0.288. The maximum absolute atomic E-state index is 4.20. The summed E-state index contributed by atoms with van der Waals surface area (Å²) in [6.07, 6.45) is 3.62. The van der Waals surface area contributed by atoms with Crippen LogP contribution in [0.2, 0.25) is 0 Å². The average Bonchev–Trinajstić information content (AvgIpc) is 2.88. The normalized spacial score (nSPS) is 12.8. The molecule has 0 radical (unpaired) electrons. The maximum atomic E-state index is 4.20. The van der Waals surface area contributed by atoms with Gasteiger partial charge >= 0.3 is 0 Å². The zero-order valence-corrected chi connectivity index (χ0v) is 10.9. The number of benzene rings is 1. The van der Waals surface area contributed by atoms with Crippen LogP contribution >= 0.6 is 0 Å². The smallest absolute Gasteiger partial charge is 0.120 e. The van der Waals surface area contributed by atoms with E-state index in [-0.39, 0.29) is 0 Å². The van der Waals surface area contributed by atoms with Gasteiger partial charge in [0.2, 0.25) is 0 Å². The lowest BCUT2D eigenvalue weighted by atomic mass is 10.1. The number of hydrogen-bond donors (Lipinski definition) is 2. The van der Waals surface area contributed by atoms with Crippen molar-refractivity contribution in [3.8, 4) is 0 Å². The standard InChI is InChI=1S/C14H20N4/c1-18(2)13(12-6-4-3-5-7-12)10-15-11-14-16-8-9-17-14/h3-9,13,15H,10-11H2,1-2H3,(H,16,17). The van der Waals surface area contributed by atoms with Crippen molar-refractivity contribution in [1.82, 2.24) is 20.2 Å². The molecule has 2 N–H and O–H groups in total. The molecule has 0 spiro atoms. The molecule has 2 rings (SSSR count). The Labute approximate surface area is 108 Å². The van der Waals surface area contributed by atoms with Gasteiger partial charge in [-0.1, -0.05) is 30.3 Å². The number of rotatable bonds is 6. The minimum absolute atomic E-state index is 0.376. The Morgan fingerprint density at radius 2 is 2.06 bits per heavy atom. The van der Waals surface area contributed by atoms with Gasteiger partial charge in [-0.05, 0) is 19.7 Å². The summed E-state index contributed by atoms with van der Waals surface area (Å²) < 4.78 is 0. The minimum atomic E-state index is 0.376. The topological polar surface area (TPSA) is 44.0 Å². The van der Waals surface area contributed by atoms with Crippen LogP contribution in [0.5, 0.6) is 0 Å². The molecular formula is C14H20N4. The summed E-state index contributed by atoms with van der Waals surface area (Å²) in [6.45, 7) is 1.67. The fraction of sp³-hybridized carbons (Fsp3) is 0.357. The molecule has 0 fully saturated rings. The molecule has 0 saturated carbocycles. The van der Waals surface area contributed by atoms with Gasteiger partial charge in [0.15, 0.2) is 0 Å². The lowest BCUT2D eigenvalue weighted by Gasteiger charge is -2.25. The summed E-state index contributed by atoms with van der Waals surface area (Å²) in [7, 11) is 4.21. The number of imidazole rings is 1. The molecule has 0 aliphatic rings. The van der Waals surface area contributed by atoms with E-state index < -0.39 is 0 Å². The van der Waals surface area contributed by atoms with Gasteiger partial charge in [-0.25, -0.2) is 4.98 Å². The molecule has 4 heteroatoms. The molecule has 1 unspecified atom stereocenters. The quantitative estimate of drug-likeness (QED) is 0.814. The van der Waals surface area contributed by atoms with Gasteiger partial charge in [0, 0.05) is 25.0 Å². The summed E-state index contributed by atoms with van der Waals surface area (Å²) in [4.78, 5) is 9.52. The molecule has 96 valence electrons. The highest BCUT2D eigenvalue weighted by atomic mass is 15.1. The number of nitrogens with one attached hydrogen (secondary N) is 2.